The second kappa shape index (κ2) is 8.63. The summed E-state index contributed by atoms with van der Waals surface area (Å²) in [7, 11) is -3.38. The van der Waals surface area contributed by atoms with Crippen LogP contribution in [0.3, 0.4) is 0 Å². The number of amides is 1. The lowest BCUT2D eigenvalue weighted by molar-refractivity contribution is -0.127. The predicted molar refractivity (Wildman–Crippen MR) is 120 cm³/mol. The number of ether oxygens (including phenoxy) is 1. The van der Waals surface area contributed by atoms with Gasteiger partial charge in [-0.2, -0.15) is 0 Å². The predicted octanol–water partition coefficient (Wildman–Crippen LogP) is 3.65. The minimum Gasteiger partial charge on any atom is -0.487 e. The summed E-state index contributed by atoms with van der Waals surface area (Å²) in [4.78, 5) is 13.0. The zero-order valence-electron chi connectivity index (χ0n) is 18.1. The van der Waals surface area contributed by atoms with Crippen LogP contribution in [-0.2, 0) is 20.6 Å². The number of fused-ring (bicyclic) bond motifs is 1. The van der Waals surface area contributed by atoms with Gasteiger partial charge in [-0.3, -0.25) is 4.79 Å². The molecule has 1 unspecified atom stereocenters. The lowest BCUT2D eigenvalue weighted by Gasteiger charge is -2.39. The lowest BCUT2D eigenvalue weighted by Crippen LogP contribution is -2.46. The van der Waals surface area contributed by atoms with Crippen molar-refractivity contribution in [2.45, 2.75) is 50.5 Å². The molecule has 2 heterocycles. The van der Waals surface area contributed by atoms with Crippen molar-refractivity contribution >= 4 is 15.9 Å². The van der Waals surface area contributed by atoms with E-state index in [9.17, 15) is 13.2 Å². The number of hydrogen-bond donors (Lipinski definition) is 1. The molecule has 0 radical (unpaired) electrons. The van der Waals surface area contributed by atoms with E-state index in [0.717, 1.165) is 16.9 Å². The summed E-state index contributed by atoms with van der Waals surface area (Å²) >= 11 is 0. The molecule has 2 aromatic carbocycles. The molecule has 0 saturated carbocycles. The molecule has 1 atom stereocenters. The highest BCUT2D eigenvalue weighted by Gasteiger charge is 2.37. The van der Waals surface area contributed by atoms with Crippen LogP contribution in [0.4, 0.5) is 0 Å². The standard InChI is InChI=1S/C24H30N2O4S/c1-24(2)16-21(20-10-6-7-11-22(20)30-24)25-23(27)19-12-14-26(15-13-19)31(28,29)17-18-8-4-3-5-9-18/h3-11,19,21H,12-17H2,1-2H3,(H,25,27). The Balaban J connectivity index is 1.37. The monoisotopic (exact) mass is 442 g/mol. The van der Waals surface area contributed by atoms with E-state index in [2.05, 4.69) is 5.32 Å². The Hall–Kier alpha value is -2.38. The summed E-state index contributed by atoms with van der Waals surface area (Å²) < 4.78 is 33.1. The first-order valence-electron chi connectivity index (χ1n) is 10.8. The first-order chi connectivity index (χ1) is 14.7. The van der Waals surface area contributed by atoms with Gasteiger partial charge in [-0.15, -0.1) is 0 Å². The minimum absolute atomic E-state index is 0.00135. The highest BCUT2D eigenvalue weighted by Crippen LogP contribution is 2.39. The molecule has 166 valence electrons. The fraction of sp³-hybridized carbons (Fsp3) is 0.458. The van der Waals surface area contributed by atoms with Gasteiger partial charge in [0.2, 0.25) is 15.9 Å². The van der Waals surface area contributed by atoms with Crippen LogP contribution in [0.1, 0.15) is 50.3 Å². The van der Waals surface area contributed by atoms with Crippen molar-refractivity contribution in [1.82, 2.24) is 9.62 Å². The fourth-order valence-corrected chi connectivity index (χ4v) is 6.06. The third kappa shape index (κ3) is 5.10. The molecule has 1 N–H and O–H groups in total. The van der Waals surface area contributed by atoms with Crippen LogP contribution < -0.4 is 10.1 Å². The smallest absolute Gasteiger partial charge is 0.223 e. The molecular formula is C24H30N2O4S. The molecule has 0 aromatic heterocycles. The average molecular weight is 443 g/mol. The van der Waals surface area contributed by atoms with E-state index in [1.807, 2.05) is 68.4 Å². The number of para-hydroxylation sites is 1. The summed E-state index contributed by atoms with van der Waals surface area (Å²) in [6, 6.07) is 16.9. The van der Waals surface area contributed by atoms with E-state index in [-0.39, 0.29) is 29.2 Å². The molecule has 2 aliphatic heterocycles. The van der Waals surface area contributed by atoms with Gasteiger partial charge in [0.15, 0.2) is 0 Å². The number of rotatable bonds is 5. The number of piperidine rings is 1. The van der Waals surface area contributed by atoms with Crippen molar-refractivity contribution in [3.63, 3.8) is 0 Å². The van der Waals surface area contributed by atoms with Crippen LogP contribution in [0.25, 0.3) is 0 Å². The van der Waals surface area contributed by atoms with Gasteiger partial charge in [0.25, 0.3) is 0 Å². The van der Waals surface area contributed by atoms with Gasteiger partial charge >= 0.3 is 0 Å². The van der Waals surface area contributed by atoms with Crippen LogP contribution in [-0.4, -0.2) is 37.3 Å². The Bertz CT molecular complexity index is 1030. The van der Waals surface area contributed by atoms with E-state index in [1.54, 1.807) is 0 Å². The summed E-state index contributed by atoms with van der Waals surface area (Å²) in [6.45, 7) is 4.81. The van der Waals surface area contributed by atoms with Crippen LogP contribution in [0.15, 0.2) is 54.6 Å². The van der Waals surface area contributed by atoms with Gasteiger partial charge in [0.05, 0.1) is 11.8 Å². The number of carbonyl (C=O) groups is 1. The highest BCUT2D eigenvalue weighted by atomic mass is 32.2. The summed E-state index contributed by atoms with van der Waals surface area (Å²) in [5, 5.41) is 3.21. The van der Waals surface area contributed by atoms with E-state index < -0.39 is 10.0 Å². The minimum atomic E-state index is -3.38. The normalized spacial score (nSPS) is 21.7. The lowest BCUT2D eigenvalue weighted by atomic mass is 9.88. The second-order valence-electron chi connectivity index (χ2n) is 9.08. The molecule has 4 rings (SSSR count). The first kappa shape index (κ1) is 21.8. The largest absolute Gasteiger partial charge is 0.487 e. The number of sulfonamides is 1. The summed E-state index contributed by atoms with van der Waals surface area (Å²) in [6.07, 6.45) is 1.77. The van der Waals surface area contributed by atoms with Gasteiger partial charge in [-0.05, 0) is 38.3 Å². The van der Waals surface area contributed by atoms with Crippen molar-refractivity contribution in [3.8, 4) is 5.75 Å². The van der Waals surface area contributed by atoms with Gasteiger partial charge in [0, 0.05) is 31.0 Å². The van der Waals surface area contributed by atoms with E-state index >= 15 is 0 Å². The number of nitrogens with one attached hydrogen (secondary N) is 1. The highest BCUT2D eigenvalue weighted by molar-refractivity contribution is 7.88. The maximum absolute atomic E-state index is 13.0. The molecule has 1 amide bonds. The first-order valence-corrected chi connectivity index (χ1v) is 12.4. The van der Waals surface area contributed by atoms with Crippen LogP contribution in [0.2, 0.25) is 0 Å². The SMILES string of the molecule is CC1(C)CC(NC(=O)C2CCN(S(=O)(=O)Cc3ccccc3)CC2)c2ccccc2O1. The third-order valence-electron chi connectivity index (χ3n) is 6.10. The topological polar surface area (TPSA) is 75.7 Å². The Kier molecular flexibility index (Phi) is 6.08. The van der Waals surface area contributed by atoms with Crippen LogP contribution >= 0.6 is 0 Å². The Morgan fingerprint density at radius 2 is 1.71 bits per heavy atom. The van der Waals surface area contributed by atoms with Gasteiger partial charge in [0.1, 0.15) is 11.4 Å². The zero-order chi connectivity index (χ0) is 22.1. The Morgan fingerprint density at radius 3 is 2.42 bits per heavy atom. The van der Waals surface area contributed by atoms with Gasteiger partial charge in [-0.1, -0.05) is 48.5 Å². The Labute approximate surface area is 184 Å². The molecule has 2 aromatic rings. The van der Waals surface area contributed by atoms with Crippen molar-refractivity contribution in [1.29, 1.82) is 0 Å². The number of benzene rings is 2. The molecule has 7 heteroatoms. The molecule has 0 bridgehead atoms. The van der Waals surface area contributed by atoms with Crippen LogP contribution in [0, 0.1) is 5.92 Å². The summed E-state index contributed by atoms with van der Waals surface area (Å²) in [5.41, 5.74) is 1.42. The van der Waals surface area contributed by atoms with Crippen molar-refractivity contribution in [2.24, 2.45) is 5.92 Å². The third-order valence-corrected chi connectivity index (χ3v) is 7.95. The molecular weight excluding hydrogens is 412 g/mol. The Morgan fingerprint density at radius 1 is 1.06 bits per heavy atom. The van der Waals surface area contributed by atoms with Crippen molar-refractivity contribution < 1.29 is 17.9 Å². The van der Waals surface area contributed by atoms with Crippen LogP contribution in [0.5, 0.6) is 5.75 Å². The maximum Gasteiger partial charge on any atom is 0.223 e. The van der Waals surface area contributed by atoms with Gasteiger partial charge in [-0.25, -0.2) is 12.7 Å². The quantitative estimate of drug-likeness (QED) is 0.767. The van der Waals surface area contributed by atoms with E-state index in [0.29, 0.717) is 32.4 Å². The molecule has 1 fully saturated rings. The number of hydrogen-bond acceptors (Lipinski definition) is 4. The molecule has 0 aliphatic carbocycles. The van der Waals surface area contributed by atoms with Crippen molar-refractivity contribution in [3.05, 3.63) is 65.7 Å². The summed E-state index contributed by atoms with van der Waals surface area (Å²) in [5.74, 6) is 0.628. The molecule has 1 saturated heterocycles. The number of carbonyl (C=O) groups excluding carboxylic acids is 1. The molecule has 6 nitrogen and oxygen atoms in total. The zero-order valence-corrected chi connectivity index (χ0v) is 18.9. The maximum atomic E-state index is 13.0. The average Bonchev–Trinajstić information content (AvgIpc) is 2.73. The molecule has 31 heavy (non-hydrogen) atoms. The number of nitrogens with zero attached hydrogens (tertiary/aromatic N) is 1. The molecule has 0 spiro atoms. The molecule has 2 aliphatic rings. The van der Waals surface area contributed by atoms with Crippen molar-refractivity contribution in [2.75, 3.05) is 13.1 Å². The van der Waals surface area contributed by atoms with E-state index in [1.165, 1.54) is 4.31 Å². The van der Waals surface area contributed by atoms with Gasteiger partial charge < -0.3 is 10.1 Å². The van der Waals surface area contributed by atoms with E-state index in [4.69, 9.17) is 4.74 Å². The fourth-order valence-electron chi connectivity index (χ4n) is 4.49. The second-order valence-corrected chi connectivity index (χ2v) is 11.0.